The molecule has 0 aliphatic heterocycles. The van der Waals surface area contributed by atoms with Gasteiger partial charge in [-0.25, -0.2) is 9.37 Å². The Bertz CT molecular complexity index is 1180. The molecular formula is C32H41FN2O2. The molecule has 1 unspecified atom stereocenters. The van der Waals surface area contributed by atoms with Crippen molar-refractivity contribution in [2.75, 3.05) is 7.11 Å². The van der Waals surface area contributed by atoms with E-state index in [9.17, 15) is 4.39 Å². The van der Waals surface area contributed by atoms with Crippen molar-refractivity contribution in [2.45, 2.75) is 85.0 Å². The lowest BCUT2D eigenvalue weighted by Crippen LogP contribution is -2.36. The van der Waals surface area contributed by atoms with Crippen LogP contribution in [0.3, 0.4) is 0 Å². The van der Waals surface area contributed by atoms with Crippen LogP contribution in [-0.2, 0) is 13.2 Å². The first kappa shape index (κ1) is 27.1. The summed E-state index contributed by atoms with van der Waals surface area (Å²) in [6.45, 7) is 12.2. The van der Waals surface area contributed by atoms with Crippen LogP contribution in [0.25, 0.3) is 11.1 Å². The highest BCUT2D eigenvalue weighted by Crippen LogP contribution is 2.44. The van der Waals surface area contributed by atoms with Crippen molar-refractivity contribution >= 4 is 0 Å². The summed E-state index contributed by atoms with van der Waals surface area (Å²) in [6, 6.07) is 17.1. The summed E-state index contributed by atoms with van der Waals surface area (Å²) in [7, 11) is 1.55. The van der Waals surface area contributed by atoms with Crippen molar-refractivity contribution in [2.24, 2.45) is 5.92 Å². The quantitative estimate of drug-likeness (QED) is 0.250. The third-order valence-corrected chi connectivity index (χ3v) is 7.50. The fourth-order valence-electron chi connectivity index (χ4n) is 5.37. The molecule has 1 aromatic heterocycles. The van der Waals surface area contributed by atoms with Crippen LogP contribution in [0.4, 0.5) is 4.39 Å². The Morgan fingerprint density at radius 2 is 1.76 bits per heavy atom. The van der Waals surface area contributed by atoms with Crippen molar-refractivity contribution in [3.05, 3.63) is 77.2 Å². The van der Waals surface area contributed by atoms with E-state index in [2.05, 4.69) is 74.8 Å². The molecule has 198 valence electrons. The third-order valence-electron chi connectivity index (χ3n) is 7.50. The molecule has 0 bridgehead atoms. The summed E-state index contributed by atoms with van der Waals surface area (Å²) in [6.07, 6.45) is 5.10. The van der Waals surface area contributed by atoms with Crippen molar-refractivity contribution in [3.63, 3.8) is 0 Å². The van der Waals surface area contributed by atoms with E-state index in [-0.39, 0.29) is 5.82 Å². The first-order chi connectivity index (χ1) is 17.8. The van der Waals surface area contributed by atoms with Crippen molar-refractivity contribution in [3.8, 4) is 22.8 Å². The van der Waals surface area contributed by atoms with Crippen LogP contribution in [0.1, 0.15) is 76.5 Å². The molecule has 5 heteroatoms. The highest BCUT2D eigenvalue weighted by Gasteiger charge is 2.30. The van der Waals surface area contributed by atoms with Crippen molar-refractivity contribution in [1.29, 1.82) is 0 Å². The minimum absolute atomic E-state index is 0.343. The Hall–Kier alpha value is -2.92. The zero-order chi connectivity index (χ0) is 26.5. The summed E-state index contributed by atoms with van der Waals surface area (Å²) in [5.41, 5.74) is 4.93. The lowest BCUT2D eigenvalue weighted by molar-refractivity contribution is 0.166. The van der Waals surface area contributed by atoms with E-state index < -0.39 is 0 Å². The fraction of sp³-hybridized carbons (Fsp3) is 0.469. The number of nitrogens with zero attached hydrogens (tertiary/aromatic N) is 2. The van der Waals surface area contributed by atoms with E-state index in [1.807, 2.05) is 12.1 Å². The number of methoxy groups -OCH3 is 1. The Kier molecular flexibility index (Phi) is 8.86. The lowest BCUT2D eigenvalue weighted by atomic mass is 9.91. The highest BCUT2D eigenvalue weighted by atomic mass is 19.1. The van der Waals surface area contributed by atoms with Gasteiger partial charge in [0.05, 0.1) is 13.3 Å². The normalized spacial score (nSPS) is 14.4. The molecule has 1 fully saturated rings. The van der Waals surface area contributed by atoms with Crippen LogP contribution in [0.5, 0.6) is 11.6 Å². The number of hydrogen-bond acceptors (Lipinski definition) is 4. The number of rotatable bonds is 12. The van der Waals surface area contributed by atoms with Crippen LogP contribution in [0.15, 0.2) is 54.7 Å². The second kappa shape index (κ2) is 12.1. The van der Waals surface area contributed by atoms with Crippen LogP contribution in [0, 0.1) is 11.7 Å². The van der Waals surface area contributed by atoms with Crippen LogP contribution >= 0.6 is 0 Å². The molecular weight excluding hydrogens is 463 g/mol. The summed E-state index contributed by atoms with van der Waals surface area (Å²) in [5, 5.41) is 0. The van der Waals surface area contributed by atoms with Crippen LogP contribution in [-0.4, -0.2) is 29.1 Å². The molecule has 0 spiro atoms. The minimum Gasteiger partial charge on any atom is -0.489 e. The summed E-state index contributed by atoms with van der Waals surface area (Å²) < 4.78 is 26.5. The van der Waals surface area contributed by atoms with Gasteiger partial charge in [0.1, 0.15) is 18.2 Å². The second-order valence-electron chi connectivity index (χ2n) is 10.8. The summed E-state index contributed by atoms with van der Waals surface area (Å²) >= 11 is 0. The SMILES string of the molecule is CCC(c1cccc(COc2ccc(-c3cc(OC)ncc3F)c(CN(C(C)C)C(C)C)c2)c1)C1CC1. The monoisotopic (exact) mass is 504 g/mol. The van der Waals surface area contributed by atoms with E-state index in [0.717, 1.165) is 22.8 Å². The molecule has 1 saturated carbocycles. The second-order valence-corrected chi connectivity index (χ2v) is 10.8. The van der Waals surface area contributed by atoms with Crippen molar-refractivity contribution < 1.29 is 13.9 Å². The molecule has 0 amide bonds. The fourth-order valence-corrected chi connectivity index (χ4v) is 5.37. The molecule has 0 radical (unpaired) electrons. The lowest BCUT2D eigenvalue weighted by Gasteiger charge is -2.31. The summed E-state index contributed by atoms with van der Waals surface area (Å²) in [5.74, 6) is 2.30. The third kappa shape index (κ3) is 6.70. The van der Waals surface area contributed by atoms with Crippen molar-refractivity contribution in [1.82, 2.24) is 9.88 Å². The average Bonchev–Trinajstić information content (AvgIpc) is 3.72. The number of hydrogen-bond donors (Lipinski definition) is 0. The van der Waals surface area contributed by atoms with Gasteiger partial charge in [0.15, 0.2) is 0 Å². The molecule has 1 aliphatic rings. The van der Waals surface area contributed by atoms with Gasteiger partial charge in [-0.3, -0.25) is 4.90 Å². The smallest absolute Gasteiger partial charge is 0.213 e. The number of aromatic nitrogens is 1. The van der Waals surface area contributed by atoms with Gasteiger partial charge in [0.2, 0.25) is 5.88 Å². The Balaban J connectivity index is 1.62. The van der Waals surface area contributed by atoms with Gasteiger partial charge < -0.3 is 9.47 Å². The van der Waals surface area contributed by atoms with Gasteiger partial charge in [-0.15, -0.1) is 0 Å². The summed E-state index contributed by atoms with van der Waals surface area (Å²) in [4.78, 5) is 6.41. The molecule has 4 nitrogen and oxygen atoms in total. The standard InChI is InChI=1S/C32H41FN2O2/c1-7-28(24-11-12-24)25-10-8-9-23(15-25)20-37-27-13-14-29(30-17-32(36-6)34-18-31(30)33)26(16-27)19-35(21(2)3)22(4)5/h8-10,13-18,21-22,24,28H,7,11-12,19-20H2,1-6H3. The predicted molar refractivity (Wildman–Crippen MR) is 149 cm³/mol. The maximum absolute atomic E-state index is 14.9. The van der Waals surface area contributed by atoms with E-state index in [1.165, 1.54) is 36.6 Å². The largest absolute Gasteiger partial charge is 0.489 e. The number of halogens is 1. The molecule has 1 aliphatic carbocycles. The Morgan fingerprint density at radius 3 is 2.41 bits per heavy atom. The van der Waals surface area contributed by atoms with Gasteiger partial charge in [0, 0.05) is 30.3 Å². The van der Waals surface area contributed by atoms with E-state index >= 15 is 0 Å². The maximum Gasteiger partial charge on any atom is 0.213 e. The van der Waals surface area contributed by atoms with Gasteiger partial charge >= 0.3 is 0 Å². The highest BCUT2D eigenvalue weighted by molar-refractivity contribution is 5.69. The zero-order valence-corrected chi connectivity index (χ0v) is 23.1. The van der Waals surface area contributed by atoms with Gasteiger partial charge in [-0.2, -0.15) is 0 Å². The van der Waals surface area contributed by atoms with Gasteiger partial charge in [-0.05, 0) is 93.2 Å². The van der Waals surface area contributed by atoms with E-state index in [1.54, 1.807) is 13.2 Å². The molecule has 2 aromatic carbocycles. The number of ether oxygens (including phenoxy) is 2. The molecule has 1 atom stereocenters. The molecule has 4 rings (SSSR count). The minimum atomic E-state index is -0.366. The maximum atomic E-state index is 14.9. The molecule has 37 heavy (non-hydrogen) atoms. The Labute approximate surface area is 221 Å². The predicted octanol–water partition coefficient (Wildman–Crippen LogP) is 8.00. The topological polar surface area (TPSA) is 34.6 Å². The van der Waals surface area contributed by atoms with Gasteiger partial charge in [-0.1, -0.05) is 37.3 Å². The first-order valence-electron chi connectivity index (χ1n) is 13.6. The van der Waals surface area contributed by atoms with E-state index in [4.69, 9.17) is 9.47 Å². The van der Waals surface area contributed by atoms with Crippen LogP contribution < -0.4 is 9.47 Å². The first-order valence-corrected chi connectivity index (χ1v) is 13.6. The van der Waals surface area contributed by atoms with Crippen LogP contribution in [0.2, 0.25) is 0 Å². The zero-order valence-electron chi connectivity index (χ0n) is 23.1. The number of benzene rings is 2. The molecule has 0 N–H and O–H groups in total. The molecule has 3 aromatic rings. The molecule has 0 saturated heterocycles. The Morgan fingerprint density at radius 1 is 1.00 bits per heavy atom. The molecule has 1 heterocycles. The van der Waals surface area contributed by atoms with Gasteiger partial charge in [0.25, 0.3) is 0 Å². The number of pyridine rings is 1. The van der Waals surface area contributed by atoms with E-state index in [0.29, 0.717) is 42.6 Å². The average molecular weight is 505 g/mol.